The maximum Gasteiger partial charge on any atom is 0.224 e. The fourth-order valence-electron chi connectivity index (χ4n) is 4.39. The summed E-state index contributed by atoms with van der Waals surface area (Å²) in [6.07, 6.45) is 4.44. The van der Waals surface area contributed by atoms with Gasteiger partial charge in [0.25, 0.3) is 0 Å². The number of hydrogen-bond acceptors (Lipinski definition) is 3. The molecule has 4 rings (SSSR count). The third-order valence-corrected chi connectivity index (χ3v) is 6.06. The first-order chi connectivity index (χ1) is 13.6. The molecule has 4 nitrogen and oxygen atoms in total. The van der Waals surface area contributed by atoms with Crippen molar-refractivity contribution in [3.05, 3.63) is 64.2 Å². The summed E-state index contributed by atoms with van der Waals surface area (Å²) in [5.74, 6) is 0.498. The van der Waals surface area contributed by atoms with Gasteiger partial charge in [-0.15, -0.1) is 0 Å². The van der Waals surface area contributed by atoms with Gasteiger partial charge in [-0.2, -0.15) is 0 Å². The van der Waals surface area contributed by atoms with Crippen LogP contribution in [0.1, 0.15) is 40.7 Å². The minimum Gasteiger partial charge on any atom is -0.325 e. The van der Waals surface area contributed by atoms with Crippen molar-refractivity contribution in [1.82, 2.24) is 4.90 Å². The van der Waals surface area contributed by atoms with Crippen LogP contribution in [0.4, 0.5) is 5.69 Å². The first kappa shape index (κ1) is 19.2. The Hall–Kier alpha value is -2.17. The Morgan fingerprint density at radius 1 is 1.14 bits per heavy atom. The number of anilines is 1. The molecule has 28 heavy (non-hydrogen) atoms. The number of ketones is 1. The van der Waals surface area contributed by atoms with Crippen molar-refractivity contribution in [3.8, 4) is 0 Å². The highest BCUT2D eigenvalue weighted by molar-refractivity contribution is 6.35. The van der Waals surface area contributed by atoms with E-state index in [-0.39, 0.29) is 11.7 Å². The third-order valence-electron chi connectivity index (χ3n) is 5.74. The maximum atomic E-state index is 13.1. The number of Topliss-reactive ketones (excluding diaryl/α,β-unsaturated/α-hetero) is 1. The molecule has 2 aromatic rings. The fraction of sp³-hybridized carbons (Fsp3) is 0.391. The number of amides is 1. The van der Waals surface area contributed by atoms with Gasteiger partial charge in [0.05, 0.1) is 22.8 Å². The highest BCUT2D eigenvalue weighted by atomic mass is 35.5. The predicted octanol–water partition coefficient (Wildman–Crippen LogP) is 4.36. The topological polar surface area (TPSA) is 49.4 Å². The molecule has 0 unspecified atom stereocenters. The number of nitrogens with zero attached hydrogens (tertiary/aromatic N) is 1. The van der Waals surface area contributed by atoms with E-state index >= 15 is 0 Å². The zero-order valence-electron chi connectivity index (χ0n) is 15.9. The zero-order valence-corrected chi connectivity index (χ0v) is 16.7. The van der Waals surface area contributed by atoms with E-state index in [4.69, 9.17) is 11.6 Å². The second kappa shape index (κ2) is 8.46. The SMILES string of the molecule is O=C1CCc2ccc(Cl)c(C(=O)CN3CCC[C@H](Cc4ccccc4)C3)c2N1. The van der Waals surface area contributed by atoms with Crippen molar-refractivity contribution >= 4 is 29.0 Å². The average Bonchev–Trinajstić information content (AvgIpc) is 2.68. The molecule has 2 aliphatic heterocycles. The van der Waals surface area contributed by atoms with Crippen molar-refractivity contribution in [2.75, 3.05) is 25.0 Å². The third kappa shape index (κ3) is 4.29. The molecule has 0 aliphatic carbocycles. The van der Waals surface area contributed by atoms with Gasteiger partial charge < -0.3 is 5.32 Å². The average molecular weight is 397 g/mol. The van der Waals surface area contributed by atoms with E-state index in [1.165, 1.54) is 12.0 Å². The highest BCUT2D eigenvalue weighted by Gasteiger charge is 2.27. The summed E-state index contributed by atoms with van der Waals surface area (Å²) in [6.45, 7) is 2.19. The monoisotopic (exact) mass is 396 g/mol. The van der Waals surface area contributed by atoms with Crippen molar-refractivity contribution in [3.63, 3.8) is 0 Å². The van der Waals surface area contributed by atoms with Crippen molar-refractivity contribution in [2.45, 2.75) is 32.1 Å². The van der Waals surface area contributed by atoms with Gasteiger partial charge in [-0.25, -0.2) is 0 Å². The van der Waals surface area contributed by atoms with Crippen LogP contribution in [0.3, 0.4) is 0 Å². The lowest BCUT2D eigenvalue weighted by atomic mass is 9.91. The Bertz CT molecular complexity index is 882. The number of piperidine rings is 1. The number of fused-ring (bicyclic) bond motifs is 1. The molecule has 2 heterocycles. The molecule has 1 atom stereocenters. The van der Waals surface area contributed by atoms with E-state index in [1.807, 2.05) is 12.1 Å². The quantitative estimate of drug-likeness (QED) is 0.764. The molecule has 0 radical (unpaired) electrons. The summed E-state index contributed by atoms with van der Waals surface area (Å²) in [4.78, 5) is 27.2. The Morgan fingerprint density at radius 2 is 1.96 bits per heavy atom. The smallest absolute Gasteiger partial charge is 0.224 e. The molecule has 0 spiro atoms. The largest absolute Gasteiger partial charge is 0.325 e. The molecule has 1 amide bonds. The Balaban J connectivity index is 1.46. The van der Waals surface area contributed by atoms with E-state index in [2.05, 4.69) is 34.5 Å². The van der Waals surface area contributed by atoms with Crippen LogP contribution >= 0.6 is 11.6 Å². The second-order valence-corrected chi connectivity index (χ2v) is 8.27. The Kier molecular flexibility index (Phi) is 5.79. The number of rotatable bonds is 5. The molecule has 2 aromatic carbocycles. The van der Waals surface area contributed by atoms with Gasteiger partial charge in [-0.3, -0.25) is 14.5 Å². The van der Waals surface area contributed by atoms with Crippen molar-refractivity contribution in [1.29, 1.82) is 0 Å². The molecule has 0 aromatic heterocycles. The summed E-state index contributed by atoms with van der Waals surface area (Å²) in [7, 11) is 0. The molecule has 1 fully saturated rings. The summed E-state index contributed by atoms with van der Waals surface area (Å²) in [5.41, 5.74) is 3.43. The maximum absolute atomic E-state index is 13.1. The van der Waals surface area contributed by atoms with Gasteiger partial charge in [0.15, 0.2) is 5.78 Å². The number of nitrogens with one attached hydrogen (secondary N) is 1. The van der Waals surface area contributed by atoms with Gasteiger partial charge in [-0.1, -0.05) is 48.0 Å². The molecule has 146 valence electrons. The van der Waals surface area contributed by atoms with Gasteiger partial charge >= 0.3 is 0 Å². The molecular weight excluding hydrogens is 372 g/mol. The lowest BCUT2D eigenvalue weighted by Crippen LogP contribution is -2.39. The lowest BCUT2D eigenvalue weighted by Gasteiger charge is -2.32. The number of benzene rings is 2. The number of halogens is 1. The second-order valence-electron chi connectivity index (χ2n) is 7.86. The van der Waals surface area contributed by atoms with E-state index in [9.17, 15) is 9.59 Å². The van der Waals surface area contributed by atoms with Crippen LogP contribution < -0.4 is 5.32 Å². The standard InChI is InChI=1S/C23H25ClN2O2/c24-19-10-8-18-9-11-21(28)25-23(18)22(19)20(27)15-26-12-4-7-17(14-26)13-16-5-2-1-3-6-16/h1-3,5-6,8,10,17H,4,7,9,11-15H2,(H,25,28)/t17-/m1/s1. The Labute approximate surface area is 170 Å². The van der Waals surface area contributed by atoms with E-state index in [1.54, 1.807) is 6.07 Å². The van der Waals surface area contributed by atoms with Crippen LogP contribution in [0.15, 0.2) is 42.5 Å². The van der Waals surface area contributed by atoms with Gasteiger partial charge in [0.1, 0.15) is 0 Å². The summed E-state index contributed by atoms with van der Waals surface area (Å²) in [6, 6.07) is 14.2. The summed E-state index contributed by atoms with van der Waals surface area (Å²) < 4.78 is 0. The van der Waals surface area contributed by atoms with Crippen LogP contribution in [0.25, 0.3) is 0 Å². The summed E-state index contributed by atoms with van der Waals surface area (Å²) >= 11 is 6.37. The highest BCUT2D eigenvalue weighted by Crippen LogP contribution is 2.33. The van der Waals surface area contributed by atoms with E-state index in [0.29, 0.717) is 41.6 Å². The van der Waals surface area contributed by atoms with Gasteiger partial charge in [0, 0.05) is 13.0 Å². The van der Waals surface area contributed by atoms with Gasteiger partial charge in [-0.05, 0) is 55.3 Å². The van der Waals surface area contributed by atoms with Crippen LogP contribution in [0.5, 0.6) is 0 Å². The van der Waals surface area contributed by atoms with Crippen LogP contribution in [0, 0.1) is 5.92 Å². The molecule has 1 N–H and O–H groups in total. The fourth-order valence-corrected chi connectivity index (χ4v) is 4.65. The van der Waals surface area contributed by atoms with Crippen molar-refractivity contribution < 1.29 is 9.59 Å². The number of hydrogen-bond donors (Lipinski definition) is 1. The first-order valence-electron chi connectivity index (χ1n) is 10.0. The molecule has 0 saturated carbocycles. The molecule has 2 aliphatic rings. The van der Waals surface area contributed by atoms with E-state index < -0.39 is 0 Å². The molecule has 0 bridgehead atoms. The van der Waals surface area contributed by atoms with Crippen LogP contribution in [0.2, 0.25) is 5.02 Å². The molecular formula is C23H25ClN2O2. The normalized spacial score (nSPS) is 19.8. The number of likely N-dealkylation sites (tertiary alicyclic amines) is 1. The number of aryl methyl sites for hydroxylation is 1. The lowest BCUT2D eigenvalue weighted by molar-refractivity contribution is -0.116. The van der Waals surface area contributed by atoms with E-state index in [0.717, 1.165) is 31.5 Å². The Morgan fingerprint density at radius 3 is 2.79 bits per heavy atom. The van der Waals surface area contributed by atoms with Crippen molar-refractivity contribution in [2.24, 2.45) is 5.92 Å². The minimum absolute atomic E-state index is 0.00980. The minimum atomic E-state index is -0.0512. The predicted molar refractivity (Wildman–Crippen MR) is 112 cm³/mol. The van der Waals surface area contributed by atoms with Crippen LogP contribution in [-0.4, -0.2) is 36.2 Å². The number of carbonyl (C=O) groups excluding carboxylic acids is 2. The first-order valence-corrected chi connectivity index (χ1v) is 10.4. The number of carbonyl (C=O) groups is 2. The molecule has 5 heteroatoms. The molecule has 1 saturated heterocycles. The zero-order chi connectivity index (χ0) is 19.5. The van der Waals surface area contributed by atoms with Gasteiger partial charge in [0.2, 0.25) is 5.91 Å². The summed E-state index contributed by atoms with van der Waals surface area (Å²) in [5, 5.41) is 3.29. The van der Waals surface area contributed by atoms with Crippen LogP contribution in [-0.2, 0) is 17.6 Å².